The summed E-state index contributed by atoms with van der Waals surface area (Å²) in [6.07, 6.45) is -4.43. The molecule has 0 aliphatic rings. The number of amides is 1. The molecule has 2 aromatic carbocycles. The second-order valence-electron chi connectivity index (χ2n) is 7.38. The van der Waals surface area contributed by atoms with E-state index >= 15 is 0 Å². The van der Waals surface area contributed by atoms with Crippen molar-refractivity contribution < 1.29 is 35.5 Å². The van der Waals surface area contributed by atoms with Gasteiger partial charge in [0.05, 0.1) is 10.5 Å². The summed E-state index contributed by atoms with van der Waals surface area (Å²) in [5, 5.41) is 0.722. The van der Waals surface area contributed by atoms with E-state index in [1.807, 2.05) is 12.3 Å². The van der Waals surface area contributed by atoms with Crippen molar-refractivity contribution in [2.24, 2.45) is 0 Å². The molecule has 0 spiro atoms. The molecule has 0 radical (unpaired) electrons. The molecule has 0 saturated carbocycles. The number of carbonyl (C=O) groups excluding carboxylic acids is 1. The second kappa shape index (κ2) is 9.85. The van der Waals surface area contributed by atoms with Gasteiger partial charge < -0.3 is 9.15 Å². The minimum Gasteiger partial charge on any atom is -0.481 e. The highest BCUT2D eigenvalue weighted by molar-refractivity contribution is 7.89. The number of rotatable bonds is 8. The molecule has 8 nitrogen and oxygen atoms in total. The first kappa shape index (κ1) is 25.2. The fourth-order valence-corrected chi connectivity index (χ4v) is 4.03. The predicted octanol–water partition coefficient (Wildman–Crippen LogP) is 3.54. The number of aryl methyl sites for hydroxylation is 1. The van der Waals surface area contributed by atoms with Crippen LogP contribution in [0.2, 0.25) is 0 Å². The average Bonchev–Trinajstić information content (AvgIpc) is 2.77. The van der Waals surface area contributed by atoms with Crippen molar-refractivity contribution in [3.05, 3.63) is 70.1 Å². The highest BCUT2D eigenvalue weighted by Crippen LogP contribution is 2.30. The van der Waals surface area contributed by atoms with Crippen LogP contribution in [-0.2, 0) is 27.4 Å². The number of sulfonamides is 1. The third-order valence-corrected chi connectivity index (χ3v) is 6.03. The van der Waals surface area contributed by atoms with Gasteiger partial charge in [0.25, 0.3) is 15.9 Å². The molecule has 2 N–H and O–H groups in total. The zero-order valence-corrected chi connectivity index (χ0v) is 18.9. The summed E-state index contributed by atoms with van der Waals surface area (Å²) in [6.45, 7) is 3.31. The fourth-order valence-electron chi connectivity index (χ4n) is 3.13. The van der Waals surface area contributed by atoms with Crippen molar-refractivity contribution in [3.8, 4) is 5.75 Å². The van der Waals surface area contributed by atoms with Gasteiger partial charge in [-0.25, -0.2) is 13.2 Å². The van der Waals surface area contributed by atoms with Crippen molar-refractivity contribution in [2.45, 2.75) is 43.9 Å². The van der Waals surface area contributed by atoms with Gasteiger partial charge in [-0.05, 0) is 49.2 Å². The Balaban J connectivity index is 1.69. The molecule has 0 aliphatic heterocycles. The van der Waals surface area contributed by atoms with E-state index in [1.54, 1.807) is 17.0 Å². The summed E-state index contributed by atoms with van der Waals surface area (Å²) < 4.78 is 73.8. The third-order valence-electron chi connectivity index (χ3n) is 4.78. The Bertz CT molecular complexity index is 1370. The van der Waals surface area contributed by atoms with Gasteiger partial charge in [-0.3, -0.25) is 10.2 Å². The van der Waals surface area contributed by atoms with Crippen molar-refractivity contribution in [2.75, 3.05) is 0 Å². The maximum atomic E-state index is 12.8. The van der Waals surface area contributed by atoms with E-state index in [1.165, 1.54) is 19.1 Å². The standard InChI is InChI=1S/C22H21F3N2O6S/c1-3-5-14-10-20(28)33-19-12-16(8-9-18(14)19)32-13(2)21(29)26-27-34(30,31)17-7-4-6-15(11-17)22(23,24)25/h4,6-13,27H,3,5H2,1-2H3,(H,26,29). The molecule has 1 amide bonds. The van der Waals surface area contributed by atoms with Crippen molar-refractivity contribution in [3.63, 3.8) is 0 Å². The molecule has 0 bridgehead atoms. The maximum Gasteiger partial charge on any atom is 0.416 e. The van der Waals surface area contributed by atoms with Crippen LogP contribution in [0.5, 0.6) is 5.75 Å². The normalized spacial score (nSPS) is 13.0. The van der Waals surface area contributed by atoms with Crippen LogP contribution in [0.4, 0.5) is 13.2 Å². The number of nitrogens with one attached hydrogen (secondary N) is 2. The van der Waals surface area contributed by atoms with Crippen LogP contribution < -0.4 is 20.6 Å². The van der Waals surface area contributed by atoms with Crippen LogP contribution in [0.3, 0.4) is 0 Å². The Kier molecular flexibility index (Phi) is 7.32. The van der Waals surface area contributed by atoms with Crippen LogP contribution in [0.25, 0.3) is 11.0 Å². The van der Waals surface area contributed by atoms with Gasteiger partial charge in [-0.2, -0.15) is 13.2 Å². The first-order valence-electron chi connectivity index (χ1n) is 10.1. The van der Waals surface area contributed by atoms with Gasteiger partial charge in [0.1, 0.15) is 11.3 Å². The molecule has 12 heteroatoms. The molecular formula is C22H21F3N2O6S. The molecule has 1 heterocycles. The van der Waals surface area contributed by atoms with Crippen LogP contribution in [0.15, 0.2) is 62.6 Å². The molecule has 1 atom stereocenters. The van der Waals surface area contributed by atoms with Crippen LogP contribution in [0, 0.1) is 0 Å². The highest BCUT2D eigenvalue weighted by Gasteiger charge is 2.31. The molecule has 1 aromatic heterocycles. The minimum atomic E-state index is -4.73. The molecule has 0 fully saturated rings. The van der Waals surface area contributed by atoms with E-state index < -0.39 is 44.3 Å². The molecule has 182 valence electrons. The van der Waals surface area contributed by atoms with Crippen molar-refractivity contribution in [1.29, 1.82) is 0 Å². The summed E-state index contributed by atoms with van der Waals surface area (Å²) >= 11 is 0. The van der Waals surface area contributed by atoms with Gasteiger partial charge in [0.15, 0.2) is 6.10 Å². The van der Waals surface area contributed by atoms with E-state index in [2.05, 4.69) is 0 Å². The first-order valence-corrected chi connectivity index (χ1v) is 11.6. The zero-order chi connectivity index (χ0) is 25.1. The van der Waals surface area contributed by atoms with Crippen LogP contribution in [0.1, 0.15) is 31.4 Å². The number of hydrogen-bond donors (Lipinski definition) is 2. The number of carbonyl (C=O) groups is 1. The van der Waals surface area contributed by atoms with E-state index in [0.29, 0.717) is 12.5 Å². The summed E-state index contributed by atoms with van der Waals surface area (Å²) in [4.78, 5) is 25.2. The largest absolute Gasteiger partial charge is 0.481 e. The van der Waals surface area contributed by atoms with E-state index in [-0.39, 0.29) is 11.3 Å². The summed E-state index contributed by atoms with van der Waals surface area (Å²) in [6, 6.07) is 9.17. The SMILES string of the molecule is CCCc1cc(=O)oc2cc(OC(C)C(=O)NNS(=O)(=O)c3cccc(C(F)(F)F)c3)ccc12. The molecule has 3 rings (SSSR count). The maximum absolute atomic E-state index is 12.8. The average molecular weight is 498 g/mol. The van der Waals surface area contributed by atoms with E-state index in [4.69, 9.17) is 9.15 Å². The molecule has 1 unspecified atom stereocenters. The fraction of sp³-hybridized carbons (Fsp3) is 0.273. The lowest BCUT2D eigenvalue weighted by Crippen LogP contribution is -2.47. The Morgan fingerprint density at radius 3 is 2.56 bits per heavy atom. The molecule has 34 heavy (non-hydrogen) atoms. The second-order valence-corrected chi connectivity index (χ2v) is 9.06. The van der Waals surface area contributed by atoms with Crippen LogP contribution >= 0.6 is 0 Å². The van der Waals surface area contributed by atoms with Gasteiger partial charge >= 0.3 is 11.8 Å². The zero-order valence-electron chi connectivity index (χ0n) is 18.1. The number of hydrazine groups is 1. The smallest absolute Gasteiger partial charge is 0.416 e. The highest BCUT2D eigenvalue weighted by atomic mass is 32.2. The Labute approximate surface area is 192 Å². The number of fused-ring (bicyclic) bond motifs is 1. The topological polar surface area (TPSA) is 115 Å². The lowest BCUT2D eigenvalue weighted by atomic mass is 10.1. The summed E-state index contributed by atoms with van der Waals surface area (Å²) in [5.74, 6) is -0.718. The summed E-state index contributed by atoms with van der Waals surface area (Å²) in [7, 11) is -4.48. The first-order chi connectivity index (χ1) is 15.9. The van der Waals surface area contributed by atoms with Gasteiger partial charge in [-0.1, -0.05) is 19.4 Å². The molecule has 0 saturated heterocycles. The van der Waals surface area contributed by atoms with Crippen molar-refractivity contribution >= 4 is 26.9 Å². The van der Waals surface area contributed by atoms with E-state index in [0.717, 1.165) is 35.6 Å². The summed E-state index contributed by atoms with van der Waals surface area (Å²) in [5.41, 5.74) is 1.33. The quantitative estimate of drug-likeness (QED) is 0.363. The number of hydrogen-bond acceptors (Lipinski definition) is 6. The Morgan fingerprint density at radius 2 is 1.88 bits per heavy atom. The number of ether oxygens (including phenoxy) is 1. The predicted molar refractivity (Wildman–Crippen MR) is 116 cm³/mol. The van der Waals surface area contributed by atoms with Crippen molar-refractivity contribution in [1.82, 2.24) is 10.3 Å². The van der Waals surface area contributed by atoms with Gasteiger partial charge in [0.2, 0.25) is 0 Å². The number of alkyl halides is 3. The third kappa shape index (κ3) is 5.94. The molecule has 3 aromatic rings. The Morgan fingerprint density at radius 1 is 1.15 bits per heavy atom. The monoisotopic (exact) mass is 498 g/mol. The van der Waals surface area contributed by atoms with Gasteiger partial charge in [0, 0.05) is 17.5 Å². The molecule has 0 aliphatic carbocycles. The molecular weight excluding hydrogens is 477 g/mol. The van der Waals surface area contributed by atoms with Crippen LogP contribution in [-0.4, -0.2) is 20.4 Å². The number of halogens is 3. The lowest BCUT2D eigenvalue weighted by Gasteiger charge is -2.16. The van der Waals surface area contributed by atoms with Gasteiger partial charge in [-0.15, -0.1) is 4.83 Å². The lowest BCUT2D eigenvalue weighted by molar-refractivity contribution is -0.137. The van der Waals surface area contributed by atoms with E-state index in [9.17, 15) is 31.2 Å². The minimum absolute atomic E-state index is 0.188. The number of benzene rings is 2. The Hall–Kier alpha value is -3.38.